The van der Waals surface area contributed by atoms with Crippen LogP contribution >= 0.6 is 0 Å². The molecule has 1 aliphatic carbocycles. The van der Waals surface area contributed by atoms with Crippen LogP contribution in [-0.4, -0.2) is 0 Å². The first-order valence-corrected chi connectivity index (χ1v) is 3.58. The highest BCUT2D eigenvalue weighted by atomic mass is 14.3. The van der Waals surface area contributed by atoms with Gasteiger partial charge < -0.3 is 0 Å². The van der Waals surface area contributed by atoms with Gasteiger partial charge in [0.15, 0.2) is 0 Å². The second-order valence-corrected chi connectivity index (χ2v) is 3.19. The molecule has 1 radical (unpaired) electrons. The van der Waals surface area contributed by atoms with Gasteiger partial charge in [-0.05, 0) is 24.7 Å². The van der Waals surface area contributed by atoms with Crippen LogP contribution in [0.1, 0.15) is 39.5 Å². The normalized spacial score (nSPS) is 19.9. The highest BCUT2D eigenvalue weighted by molar-refractivity contribution is 4.82. The van der Waals surface area contributed by atoms with Gasteiger partial charge in [-0.15, -0.1) is 0 Å². The molecule has 0 aromatic heterocycles. The second-order valence-electron chi connectivity index (χ2n) is 3.19. The van der Waals surface area contributed by atoms with Crippen molar-refractivity contribution in [3.8, 4) is 0 Å². The summed E-state index contributed by atoms with van der Waals surface area (Å²) in [4.78, 5) is 0. The Morgan fingerprint density at radius 3 is 2.38 bits per heavy atom. The summed E-state index contributed by atoms with van der Waals surface area (Å²) >= 11 is 0. The van der Waals surface area contributed by atoms with Crippen LogP contribution in [0.2, 0.25) is 0 Å². The summed E-state index contributed by atoms with van der Waals surface area (Å²) in [5, 5.41) is 0. The van der Waals surface area contributed by atoms with Crippen LogP contribution in [0.4, 0.5) is 0 Å². The van der Waals surface area contributed by atoms with E-state index in [-0.39, 0.29) is 0 Å². The Morgan fingerprint density at radius 1 is 1.38 bits per heavy atom. The van der Waals surface area contributed by atoms with E-state index in [2.05, 4.69) is 13.8 Å². The maximum Gasteiger partial charge on any atom is -0.0303 e. The van der Waals surface area contributed by atoms with E-state index in [1.54, 1.807) is 5.92 Å². The van der Waals surface area contributed by atoms with Crippen molar-refractivity contribution in [1.82, 2.24) is 0 Å². The van der Waals surface area contributed by atoms with E-state index < -0.39 is 0 Å². The quantitative estimate of drug-likeness (QED) is 0.525. The second kappa shape index (κ2) is 2.52. The van der Waals surface area contributed by atoms with E-state index in [0.29, 0.717) is 0 Å². The van der Waals surface area contributed by atoms with Crippen molar-refractivity contribution in [1.29, 1.82) is 0 Å². The van der Waals surface area contributed by atoms with Crippen molar-refractivity contribution in [2.24, 2.45) is 5.92 Å². The predicted molar refractivity (Wildman–Crippen MR) is 36.5 cm³/mol. The van der Waals surface area contributed by atoms with Gasteiger partial charge in [0.25, 0.3) is 0 Å². The Labute approximate surface area is 52.3 Å². The first-order chi connectivity index (χ1) is 3.79. The lowest BCUT2D eigenvalue weighted by Crippen LogP contribution is -1.84. The fraction of sp³-hybridized carbons (Fsp3) is 0.875. The molecule has 0 heterocycles. The summed E-state index contributed by atoms with van der Waals surface area (Å²) in [7, 11) is 0. The third-order valence-corrected chi connectivity index (χ3v) is 1.75. The fourth-order valence-electron chi connectivity index (χ4n) is 0.899. The Bertz CT molecular complexity index is 58.4. The Morgan fingerprint density at radius 2 is 2.00 bits per heavy atom. The van der Waals surface area contributed by atoms with Crippen LogP contribution in [0.3, 0.4) is 0 Å². The van der Waals surface area contributed by atoms with E-state index in [1.807, 2.05) is 0 Å². The molecule has 1 fully saturated rings. The van der Waals surface area contributed by atoms with Gasteiger partial charge in [-0.2, -0.15) is 0 Å². The molecule has 0 aromatic carbocycles. The molecule has 1 rings (SSSR count). The van der Waals surface area contributed by atoms with E-state index in [4.69, 9.17) is 0 Å². The largest absolute Gasteiger partial charge is 0.0594 e. The highest BCUT2D eigenvalue weighted by Gasteiger charge is 2.20. The van der Waals surface area contributed by atoms with Gasteiger partial charge in [0.2, 0.25) is 0 Å². The van der Waals surface area contributed by atoms with Gasteiger partial charge in [-0.3, -0.25) is 0 Å². The molecule has 0 saturated heterocycles. The molecule has 1 saturated carbocycles. The van der Waals surface area contributed by atoms with Gasteiger partial charge in [0, 0.05) is 0 Å². The van der Waals surface area contributed by atoms with Crippen molar-refractivity contribution in [3.05, 3.63) is 5.92 Å². The molecule has 0 atom stereocenters. The average Bonchev–Trinajstić information content (AvgIpc) is 2.41. The van der Waals surface area contributed by atoms with Crippen LogP contribution < -0.4 is 0 Å². The number of hydrogen-bond acceptors (Lipinski definition) is 0. The standard InChI is InChI=1S/C8H15/c1-7(2)3-4-8-5-6-8/h8H,3-6H2,1-2H3. The van der Waals surface area contributed by atoms with Crippen LogP contribution in [0, 0.1) is 11.8 Å². The summed E-state index contributed by atoms with van der Waals surface area (Å²) in [5.74, 6) is 2.71. The minimum absolute atomic E-state index is 1.12. The lowest BCUT2D eigenvalue weighted by atomic mass is 10.1. The monoisotopic (exact) mass is 111 g/mol. The van der Waals surface area contributed by atoms with Gasteiger partial charge >= 0.3 is 0 Å². The van der Waals surface area contributed by atoms with Crippen molar-refractivity contribution in [2.45, 2.75) is 39.5 Å². The number of hydrogen-bond donors (Lipinski definition) is 0. The molecule has 8 heavy (non-hydrogen) atoms. The SMILES string of the molecule is C[C](C)CCC1CC1. The smallest absolute Gasteiger partial charge is 0.0303 e. The van der Waals surface area contributed by atoms with Crippen LogP contribution in [0.25, 0.3) is 0 Å². The third kappa shape index (κ3) is 2.34. The van der Waals surface area contributed by atoms with E-state index >= 15 is 0 Å². The molecule has 0 amide bonds. The molecule has 0 N–H and O–H groups in total. The Balaban J connectivity index is 1.87. The van der Waals surface area contributed by atoms with E-state index in [9.17, 15) is 0 Å². The first-order valence-electron chi connectivity index (χ1n) is 3.58. The summed E-state index contributed by atoms with van der Waals surface area (Å²) in [6.45, 7) is 4.45. The number of rotatable bonds is 3. The van der Waals surface area contributed by atoms with Crippen LogP contribution in [0.5, 0.6) is 0 Å². The summed E-state index contributed by atoms with van der Waals surface area (Å²) in [6.07, 6.45) is 5.84. The average molecular weight is 111 g/mol. The minimum Gasteiger partial charge on any atom is -0.0594 e. The van der Waals surface area contributed by atoms with Crippen molar-refractivity contribution < 1.29 is 0 Å². The van der Waals surface area contributed by atoms with Crippen molar-refractivity contribution in [2.75, 3.05) is 0 Å². The topological polar surface area (TPSA) is 0 Å². The maximum atomic E-state index is 2.22. The lowest BCUT2D eigenvalue weighted by molar-refractivity contribution is 0.678. The summed E-state index contributed by atoms with van der Waals surface area (Å²) in [6, 6.07) is 0. The van der Waals surface area contributed by atoms with Gasteiger partial charge in [0.1, 0.15) is 0 Å². The van der Waals surface area contributed by atoms with Crippen molar-refractivity contribution >= 4 is 0 Å². The molecule has 0 unspecified atom stereocenters. The molecular formula is C8H15. The predicted octanol–water partition coefficient (Wildman–Crippen LogP) is 2.79. The molecule has 0 bridgehead atoms. The lowest BCUT2D eigenvalue weighted by Gasteiger charge is -1.99. The molecule has 0 spiro atoms. The van der Waals surface area contributed by atoms with E-state index in [0.717, 1.165) is 5.92 Å². The van der Waals surface area contributed by atoms with Crippen molar-refractivity contribution in [3.63, 3.8) is 0 Å². The minimum atomic E-state index is 1.12. The summed E-state index contributed by atoms with van der Waals surface area (Å²) < 4.78 is 0. The van der Waals surface area contributed by atoms with Gasteiger partial charge in [-0.1, -0.05) is 26.7 Å². The van der Waals surface area contributed by atoms with Gasteiger partial charge in [0.05, 0.1) is 0 Å². The molecule has 0 nitrogen and oxygen atoms in total. The zero-order valence-electron chi connectivity index (χ0n) is 5.91. The van der Waals surface area contributed by atoms with Crippen LogP contribution in [-0.2, 0) is 0 Å². The zero-order valence-corrected chi connectivity index (χ0v) is 5.91. The summed E-state index contributed by atoms with van der Waals surface area (Å²) in [5.41, 5.74) is 0. The molecule has 0 heteroatoms. The molecule has 0 aliphatic heterocycles. The molecule has 47 valence electrons. The Hall–Kier alpha value is 0. The molecule has 1 aliphatic rings. The fourth-order valence-corrected chi connectivity index (χ4v) is 0.899. The highest BCUT2D eigenvalue weighted by Crippen LogP contribution is 2.34. The first kappa shape index (κ1) is 6.12. The maximum absolute atomic E-state index is 2.22. The third-order valence-electron chi connectivity index (χ3n) is 1.75. The molecular weight excluding hydrogens is 96.1 g/mol. The van der Waals surface area contributed by atoms with Gasteiger partial charge in [-0.25, -0.2) is 0 Å². The Kier molecular flexibility index (Phi) is 1.93. The van der Waals surface area contributed by atoms with E-state index in [1.165, 1.54) is 25.7 Å². The zero-order chi connectivity index (χ0) is 5.98. The molecule has 0 aromatic rings. The van der Waals surface area contributed by atoms with Crippen LogP contribution in [0.15, 0.2) is 0 Å².